The van der Waals surface area contributed by atoms with Gasteiger partial charge in [-0.2, -0.15) is 4.98 Å². The zero-order valence-corrected chi connectivity index (χ0v) is 16.3. The SMILES string of the molecule is Cc1ccc(C(=O)N(CCc2nc(-c3cccc(C)c3)no2)C(C)C)cc1. The molecule has 0 unspecified atom stereocenters. The first kappa shape index (κ1) is 18.8. The van der Waals surface area contributed by atoms with Gasteiger partial charge in [0, 0.05) is 30.1 Å². The number of carbonyl (C=O) groups is 1. The van der Waals surface area contributed by atoms with Gasteiger partial charge in [-0.25, -0.2) is 0 Å². The fourth-order valence-corrected chi connectivity index (χ4v) is 2.93. The van der Waals surface area contributed by atoms with E-state index in [-0.39, 0.29) is 11.9 Å². The Bertz CT molecular complexity index is 913. The number of nitrogens with zero attached hydrogens (tertiary/aromatic N) is 3. The average molecular weight is 363 g/mol. The molecule has 1 heterocycles. The number of rotatable bonds is 6. The average Bonchev–Trinajstić information content (AvgIpc) is 3.11. The lowest BCUT2D eigenvalue weighted by Gasteiger charge is -2.26. The highest BCUT2D eigenvalue weighted by molar-refractivity contribution is 5.94. The van der Waals surface area contributed by atoms with Gasteiger partial charge in [-0.05, 0) is 45.9 Å². The summed E-state index contributed by atoms with van der Waals surface area (Å²) >= 11 is 0. The number of benzene rings is 2. The Kier molecular flexibility index (Phi) is 5.69. The van der Waals surface area contributed by atoms with Crippen molar-refractivity contribution in [2.24, 2.45) is 0 Å². The van der Waals surface area contributed by atoms with E-state index in [4.69, 9.17) is 4.52 Å². The molecule has 5 heteroatoms. The van der Waals surface area contributed by atoms with Crippen LogP contribution in [0, 0.1) is 13.8 Å². The van der Waals surface area contributed by atoms with E-state index in [2.05, 4.69) is 10.1 Å². The first-order valence-corrected chi connectivity index (χ1v) is 9.21. The molecule has 0 atom stereocenters. The van der Waals surface area contributed by atoms with Gasteiger partial charge in [0.15, 0.2) is 0 Å². The molecule has 0 aliphatic carbocycles. The zero-order chi connectivity index (χ0) is 19.4. The molecular weight excluding hydrogens is 338 g/mol. The van der Waals surface area contributed by atoms with Gasteiger partial charge in [0.1, 0.15) is 0 Å². The van der Waals surface area contributed by atoms with Crippen LogP contribution >= 0.6 is 0 Å². The number of aromatic nitrogens is 2. The number of aryl methyl sites for hydroxylation is 2. The van der Waals surface area contributed by atoms with Crippen molar-refractivity contribution in [2.45, 2.75) is 40.2 Å². The Hall–Kier alpha value is -2.95. The fourth-order valence-electron chi connectivity index (χ4n) is 2.93. The van der Waals surface area contributed by atoms with Gasteiger partial charge in [-0.3, -0.25) is 4.79 Å². The van der Waals surface area contributed by atoms with Gasteiger partial charge in [0.2, 0.25) is 11.7 Å². The minimum atomic E-state index is 0.0171. The van der Waals surface area contributed by atoms with E-state index in [0.29, 0.717) is 30.2 Å². The fraction of sp³-hybridized carbons (Fsp3) is 0.318. The molecule has 3 aromatic rings. The molecule has 0 saturated heterocycles. The maximum atomic E-state index is 12.8. The summed E-state index contributed by atoms with van der Waals surface area (Å²) in [5, 5.41) is 4.07. The van der Waals surface area contributed by atoms with Crippen molar-refractivity contribution in [1.82, 2.24) is 15.0 Å². The molecule has 0 aliphatic rings. The van der Waals surface area contributed by atoms with E-state index >= 15 is 0 Å². The second-order valence-electron chi connectivity index (χ2n) is 7.09. The van der Waals surface area contributed by atoms with Gasteiger partial charge in [0.25, 0.3) is 5.91 Å². The molecule has 1 aromatic heterocycles. The van der Waals surface area contributed by atoms with Gasteiger partial charge >= 0.3 is 0 Å². The largest absolute Gasteiger partial charge is 0.339 e. The molecule has 0 bridgehead atoms. The van der Waals surface area contributed by atoms with Crippen LogP contribution in [0.5, 0.6) is 0 Å². The highest BCUT2D eigenvalue weighted by atomic mass is 16.5. The second kappa shape index (κ2) is 8.16. The van der Waals surface area contributed by atoms with Crippen LogP contribution < -0.4 is 0 Å². The van der Waals surface area contributed by atoms with Crippen LogP contribution in [0.1, 0.15) is 41.2 Å². The molecule has 0 aliphatic heterocycles. The second-order valence-corrected chi connectivity index (χ2v) is 7.09. The van der Waals surface area contributed by atoms with Crippen LogP contribution in [-0.4, -0.2) is 33.5 Å². The predicted octanol–water partition coefficient (Wildman–Crippen LogP) is 4.45. The minimum absolute atomic E-state index is 0.0171. The monoisotopic (exact) mass is 363 g/mol. The Morgan fingerprint density at radius 2 is 1.81 bits per heavy atom. The molecule has 3 rings (SSSR count). The summed E-state index contributed by atoms with van der Waals surface area (Å²) in [6.07, 6.45) is 0.522. The molecule has 0 radical (unpaired) electrons. The summed E-state index contributed by atoms with van der Waals surface area (Å²) in [6, 6.07) is 15.7. The van der Waals surface area contributed by atoms with E-state index in [9.17, 15) is 4.79 Å². The quantitative estimate of drug-likeness (QED) is 0.649. The van der Waals surface area contributed by atoms with Crippen LogP contribution in [-0.2, 0) is 6.42 Å². The lowest BCUT2D eigenvalue weighted by atomic mass is 10.1. The highest BCUT2D eigenvalue weighted by Gasteiger charge is 2.20. The number of carbonyl (C=O) groups excluding carboxylic acids is 1. The predicted molar refractivity (Wildman–Crippen MR) is 106 cm³/mol. The number of hydrogen-bond acceptors (Lipinski definition) is 4. The first-order chi connectivity index (χ1) is 12.9. The van der Waals surface area contributed by atoms with Gasteiger partial charge in [0.05, 0.1) is 0 Å². The van der Waals surface area contributed by atoms with Gasteiger partial charge < -0.3 is 9.42 Å². The van der Waals surface area contributed by atoms with Crippen molar-refractivity contribution >= 4 is 5.91 Å². The van der Waals surface area contributed by atoms with Crippen molar-refractivity contribution in [3.8, 4) is 11.4 Å². The molecule has 0 fully saturated rings. The van der Waals surface area contributed by atoms with E-state index in [1.807, 2.05) is 81.1 Å². The molecule has 0 saturated carbocycles. The van der Waals surface area contributed by atoms with Gasteiger partial charge in [-0.1, -0.05) is 46.6 Å². The highest BCUT2D eigenvalue weighted by Crippen LogP contribution is 2.18. The van der Waals surface area contributed by atoms with Crippen LogP contribution in [0.15, 0.2) is 53.1 Å². The van der Waals surface area contributed by atoms with Crippen molar-refractivity contribution in [1.29, 1.82) is 0 Å². The molecule has 0 N–H and O–H groups in total. The van der Waals surface area contributed by atoms with Crippen LogP contribution in [0.2, 0.25) is 0 Å². The third-order valence-electron chi connectivity index (χ3n) is 4.49. The lowest BCUT2D eigenvalue weighted by molar-refractivity contribution is 0.0704. The summed E-state index contributed by atoms with van der Waals surface area (Å²) in [4.78, 5) is 19.2. The molecule has 140 valence electrons. The van der Waals surface area contributed by atoms with Crippen LogP contribution in [0.4, 0.5) is 0 Å². The molecule has 5 nitrogen and oxygen atoms in total. The smallest absolute Gasteiger partial charge is 0.254 e. The summed E-state index contributed by atoms with van der Waals surface area (Å²) in [5.74, 6) is 1.13. The lowest BCUT2D eigenvalue weighted by Crippen LogP contribution is -2.38. The van der Waals surface area contributed by atoms with E-state index in [0.717, 1.165) is 16.7 Å². The first-order valence-electron chi connectivity index (χ1n) is 9.21. The van der Waals surface area contributed by atoms with E-state index < -0.39 is 0 Å². The third kappa shape index (κ3) is 4.61. The molecule has 0 spiro atoms. The Balaban J connectivity index is 1.70. The maximum Gasteiger partial charge on any atom is 0.254 e. The summed E-state index contributed by atoms with van der Waals surface area (Å²) in [5.41, 5.74) is 3.91. The Morgan fingerprint density at radius 3 is 2.48 bits per heavy atom. The Morgan fingerprint density at radius 1 is 1.07 bits per heavy atom. The molecular formula is C22H25N3O2. The Labute approximate surface area is 160 Å². The summed E-state index contributed by atoms with van der Waals surface area (Å²) in [6.45, 7) is 8.59. The molecule has 1 amide bonds. The topological polar surface area (TPSA) is 59.2 Å². The number of amides is 1. The summed E-state index contributed by atoms with van der Waals surface area (Å²) < 4.78 is 5.39. The van der Waals surface area contributed by atoms with E-state index in [1.54, 1.807) is 0 Å². The van der Waals surface area contributed by atoms with Crippen LogP contribution in [0.3, 0.4) is 0 Å². The standard InChI is InChI=1S/C22H25N3O2/c1-15(2)25(22(26)18-10-8-16(3)9-11-18)13-12-20-23-21(24-27-20)19-7-5-6-17(4)14-19/h5-11,14-15H,12-13H2,1-4H3. The third-order valence-corrected chi connectivity index (χ3v) is 4.49. The summed E-state index contributed by atoms with van der Waals surface area (Å²) in [7, 11) is 0. The molecule has 27 heavy (non-hydrogen) atoms. The van der Waals surface area contributed by atoms with Crippen molar-refractivity contribution in [2.75, 3.05) is 6.54 Å². The maximum absolute atomic E-state index is 12.8. The minimum Gasteiger partial charge on any atom is -0.339 e. The van der Waals surface area contributed by atoms with Crippen molar-refractivity contribution in [3.05, 3.63) is 71.1 Å². The van der Waals surface area contributed by atoms with Crippen LogP contribution in [0.25, 0.3) is 11.4 Å². The van der Waals surface area contributed by atoms with Crippen molar-refractivity contribution in [3.63, 3.8) is 0 Å². The van der Waals surface area contributed by atoms with Gasteiger partial charge in [-0.15, -0.1) is 0 Å². The molecule has 2 aromatic carbocycles. The normalized spacial score (nSPS) is 11.0. The zero-order valence-electron chi connectivity index (χ0n) is 16.3. The van der Waals surface area contributed by atoms with Crippen molar-refractivity contribution < 1.29 is 9.32 Å². The van der Waals surface area contributed by atoms with E-state index in [1.165, 1.54) is 0 Å². The number of hydrogen-bond donors (Lipinski definition) is 0.